The monoisotopic (exact) mass is 674 g/mol. The van der Waals surface area contributed by atoms with Gasteiger partial charge in [0, 0.05) is 13.5 Å². The number of esters is 1. The molecule has 2 saturated heterocycles. The van der Waals surface area contributed by atoms with Gasteiger partial charge in [0.1, 0.15) is 36.8 Å². The Labute approximate surface area is 265 Å². The van der Waals surface area contributed by atoms with Crippen molar-refractivity contribution in [3.8, 4) is 6.07 Å². The van der Waals surface area contributed by atoms with Crippen LogP contribution in [0.4, 0.5) is 0 Å². The van der Waals surface area contributed by atoms with E-state index in [1.54, 1.807) is 34.6 Å². The van der Waals surface area contributed by atoms with Gasteiger partial charge >= 0.3 is 5.97 Å². The van der Waals surface area contributed by atoms with Crippen LogP contribution in [0.3, 0.4) is 0 Å². The van der Waals surface area contributed by atoms with E-state index in [9.17, 15) is 10.1 Å². The molecular weight excluding hydrogens is 631 g/mol. The van der Waals surface area contributed by atoms with Crippen LogP contribution in [-0.4, -0.2) is 92.0 Å². The maximum Gasteiger partial charge on any atom is 0.353 e. The summed E-state index contributed by atoms with van der Waals surface area (Å²) in [5, 5.41) is 18.4. The maximum absolute atomic E-state index is 13.6. The van der Waals surface area contributed by atoms with E-state index in [0.29, 0.717) is 0 Å². The van der Waals surface area contributed by atoms with Crippen molar-refractivity contribution in [1.82, 2.24) is 0 Å². The van der Waals surface area contributed by atoms with Gasteiger partial charge in [0.05, 0.1) is 12.7 Å². The maximum atomic E-state index is 13.6. The van der Waals surface area contributed by atoms with Crippen LogP contribution in [0.5, 0.6) is 0 Å². The summed E-state index contributed by atoms with van der Waals surface area (Å²) in [5.74, 6) is -2.41. The second kappa shape index (κ2) is 13.3. The Morgan fingerprint density at radius 3 is 2.17 bits per heavy atom. The third-order valence-electron chi connectivity index (χ3n) is 7.19. The molecule has 0 aromatic carbocycles. The number of carbonyl (C=O) groups is 1. The Balaban J connectivity index is 2.48. The fourth-order valence-electron chi connectivity index (χ4n) is 4.08. The highest BCUT2D eigenvalue weighted by molar-refractivity contribution is 6.76. The number of nitrogens with one attached hydrogen (secondary N) is 1. The van der Waals surface area contributed by atoms with Crippen molar-refractivity contribution >= 4 is 55.0 Å². The van der Waals surface area contributed by atoms with Crippen LogP contribution < -0.4 is 0 Å². The number of alkyl halides is 3. The number of rotatable bonds is 12. The van der Waals surface area contributed by atoms with Gasteiger partial charge in [0.15, 0.2) is 20.2 Å². The predicted molar refractivity (Wildman–Crippen MR) is 160 cm³/mol. The van der Waals surface area contributed by atoms with Gasteiger partial charge in [-0.1, -0.05) is 55.6 Å². The first-order chi connectivity index (χ1) is 18.9. The van der Waals surface area contributed by atoms with Gasteiger partial charge in [-0.15, -0.1) is 0 Å². The third-order valence-corrected chi connectivity index (χ3v) is 12.2. The largest absolute Gasteiger partial charge is 0.469 e. The summed E-state index contributed by atoms with van der Waals surface area (Å²) in [7, 11) is -1.24. The van der Waals surface area contributed by atoms with Crippen LogP contribution in [0.1, 0.15) is 61.8 Å². The van der Waals surface area contributed by atoms with Gasteiger partial charge in [0.2, 0.25) is 11.5 Å². The Bertz CT molecular complexity index is 1020. The summed E-state index contributed by atoms with van der Waals surface area (Å²) in [6, 6.07) is 2.11. The first-order valence-corrected chi connectivity index (χ1v) is 17.7. The zero-order valence-corrected chi connectivity index (χ0v) is 29.5. The van der Waals surface area contributed by atoms with Crippen LogP contribution in [0, 0.1) is 16.7 Å². The van der Waals surface area contributed by atoms with Gasteiger partial charge in [-0.2, -0.15) is 5.26 Å². The lowest BCUT2D eigenvalue weighted by Gasteiger charge is -2.42. The fourth-order valence-corrected chi connectivity index (χ4v) is 5.61. The van der Waals surface area contributed by atoms with E-state index >= 15 is 0 Å². The molecule has 0 saturated carbocycles. The Morgan fingerprint density at radius 1 is 1.14 bits per heavy atom. The minimum atomic E-state index is -2.69. The smallest absolute Gasteiger partial charge is 0.353 e. The number of carbonyl (C=O) groups excluding carboxylic acids is 1. The van der Waals surface area contributed by atoms with Crippen LogP contribution in [0.15, 0.2) is 0 Å². The molecule has 2 fully saturated rings. The molecule has 0 bridgehead atoms. The zero-order valence-electron chi connectivity index (χ0n) is 26.3. The molecule has 1 unspecified atom stereocenters. The van der Waals surface area contributed by atoms with Gasteiger partial charge in [0.25, 0.3) is 3.79 Å². The zero-order chi connectivity index (χ0) is 32.5. The highest BCUT2D eigenvalue weighted by atomic mass is 35.6. The molecule has 2 aliphatic heterocycles. The average Bonchev–Trinajstić information content (AvgIpc) is 3.46. The van der Waals surface area contributed by atoms with Crippen LogP contribution in [0.25, 0.3) is 0 Å². The number of epoxide rings is 1. The minimum absolute atomic E-state index is 0.133. The molecule has 0 aliphatic carbocycles. The molecule has 2 rings (SSSR count). The second-order valence-corrected chi connectivity index (χ2v) is 20.5. The number of hydrogen-bond acceptors (Lipinski definition) is 11. The molecule has 242 valence electrons. The van der Waals surface area contributed by atoms with E-state index in [4.69, 9.17) is 77.8 Å². The van der Waals surface area contributed by atoms with Crippen molar-refractivity contribution in [2.75, 3.05) is 20.5 Å². The molecule has 2 aliphatic rings. The molecule has 0 aromatic rings. The number of ether oxygens (including phenoxy) is 7. The number of halogens is 3. The molecule has 0 amide bonds. The molecule has 42 heavy (non-hydrogen) atoms. The van der Waals surface area contributed by atoms with Crippen molar-refractivity contribution in [1.29, 1.82) is 10.7 Å². The number of hydrogen-bond donors (Lipinski definition) is 1. The summed E-state index contributed by atoms with van der Waals surface area (Å²) in [5.41, 5.74) is -2.86. The summed E-state index contributed by atoms with van der Waals surface area (Å²) >= 11 is 17.8. The first kappa shape index (κ1) is 37.5. The van der Waals surface area contributed by atoms with Crippen molar-refractivity contribution < 1.29 is 42.4 Å². The van der Waals surface area contributed by atoms with Gasteiger partial charge in [-0.05, 0) is 52.8 Å². The number of nitrogens with zero attached hydrogens (tertiary/aromatic N) is 1. The van der Waals surface area contributed by atoms with E-state index in [0.717, 1.165) is 0 Å². The molecule has 6 atom stereocenters. The molecule has 0 spiro atoms. The van der Waals surface area contributed by atoms with Crippen molar-refractivity contribution in [3.05, 3.63) is 0 Å². The average molecular weight is 676 g/mol. The lowest BCUT2D eigenvalue weighted by molar-refractivity contribution is -0.187. The van der Waals surface area contributed by atoms with Crippen molar-refractivity contribution in [2.24, 2.45) is 0 Å². The van der Waals surface area contributed by atoms with E-state index < -0.39 is 71.5 Å². The molecular formula is C27H45Cl3N2O9Si. The van der Waals surface area contributed by atoms with Gasteiger partial charge in [-0.3, -0.25) is 5.41 Å². The van der Waals surface area contributed by atoms with E-state index in [-0.39, 0.29) is 24.9 Å². The van der Waals surface area contributed by atoms with Crippen LogP contribution in [-0.2, 0) is 42.4 Å². The lowest BCUT2D eigenvalue weighted by atomic mass is 9.94. The standard InChI is InChI=1S/C27H45Cl3N2O9Si/c1-23(2,3)40-22(33)26(14-31,41-42(10,11)24(4,5)6)12-16-19(37-16)20(38-21(32)27(28,29)30)18(35-15-34-9)17-13-36-25(7,8)39-17/h16-20,32H,12-13,15H2,1-11H3/t16-,17+,18+,19-,20-,26?/m0/s1. The highest BCUT2D eigenvalue weighted by Gasteiger charge is 2.61. The quantitative estimate of drug-likeness (QED) is 0.0525. The Kier molecular flexibility index (Phi) is 11.9. The van der Waals surface area contributed by atoms with E-state index in [2.05, 4.69) is 6.07 Å². The normalized spacial score (nSPS) is 25.6. The SMILES string of the molecule is COCO[C@@H]([C@H](OC(=N)C(Cl)(Cl)Cl)[C@H]1O[C@H]1CC(C#N)(O[Si](C)(C)C(C)(C)C)C(=O)OC(C)(C)C)[C@H]1COC(C)(C)O1. The van der Waals surface area contributed by atoms with Gasteiger partial charge < -0.3 is 37.6 Å². The van der Waals surface area contributed by atoms with Crippen molar-refractivity contribution in [3.63, 3.8) is 0 Å². The molecule has 1 N–H and O–H groups in total. The topological polar surface area (TPSA) is 142 Å². The number of nitriles is 1. The summed E-state index contributed by atoms with van der Waals surface area (Å²) in [6.07, 6.45) is -4.43. The molecule has 11 nitrogen and oxygen atoms in total. The van der Waals surface area contributed by atoms with Gasteiger partial charge in [-0.25, -0.2) is 4.79 Å². The summed E-state index contributed by atoms with van der Waals surface area (Å²) < 4.78 is 44.7. The van der Waals surface area contributed by atoms with E-state index in [1.165, 1.54) is 7.11 Å². The first-order valence-electron chi connectivity index (χ1n) is 13.6. The van der Waals surface area contributed by atoms with Crippen LogP contribution >= 0.6 is 34.8 Å². The molecule has 0 aromatic heterocycles. The molecule has 0 radical (unpaired) electrons. The second-order valence-electron chi connectivity index (χ2n) is 13.5. The minimum Gasteiger partial charge on any atom is -0.469 e. The molecule has 15 heteroatoms. The Hall–Kier alpha value is -0.723. The number of methoxy groups -OCH3 is 1. The summed E-state index contributed by atoms with van der Waals surface area (Å²) in [6.45, 7) is 18.5. The lowest BCUT2D eigenvalue weighted by Crippen LogP contribution is -2.55. The third kappa shape index (κ3) is 9.89. The fraction of sp³-hybridized carbons (Fsp3) is 0.889. The van der Waals surface area contributed by atoms with E-state index in [1.807, 2.05) is 33.9 Å². The van der Waals surface area contributed by atoms with Crippen molar-refractivity contribution in [2.45, 2.75) is 131 Å². The Morgan fingerprint density at radius 2 is 1.74 bits per heavy atom. The predicted octanol–water partition coefficient (Wildman–Crippen LogP) is 5.64. The van der Waals surface area contributed by atoms with Crippen LogP contribution in [0.2, 0.25) is 18.1 Å². The molecule has 2 heterocycles. The summed E-state index contributed by atoms with van der Waals surface area (Å²) in [4.78, 5) is 13.6. The highest BCUT2D eigenvalue weighted by Crippen LogP contribution is 2.45.